The number of nitrogens with zero attached hydrogens (tertiary/aromatic N) is 3. The molecule has 4 N–H and O–H groups in total. The van der Waals surface area contributed by atoms with Crippen LogP contribution in [0.4, 0.5) is 29.3 Å². The van der Waals surface area contributed by atoms with E-state index in [9.17, 15) is 36.4 Å². The molecule has 0 spiro atoms. The van der Waals surface area contributed by atoms with Crippen LogP contribution in [-0.4, -0.2) is 62.4 Å². The molecular weight excluding hydrogens is 563 g/mol. The Morgan fingerprint density at radius 3 is 2.56 bits per heavy atom. The minimum atomic E-state index is -4.98. The highest BCUT2D eigenvalue weighted by molar-refractivity contribution is 7.91. The number of amides is 2. The molecule has 2 amide bonds. The summed E-state index contributed by atoms with van der Waals surface area (Å²) in [7, 11) is -2.69. The maximum absolute atomic E-state index is 14.2. The van der Waals surface area contributed by atoms with Gasteiger partial charge in [0.25, 0.3) is 5.91 Å². The van der Waals surface area contributed by atoms with E-state index >= 15 is 0 Å². The van der Waals surface area contributed by atoms with Gasteiger partial charge in [-0.1, -0.05) is 18.5 Å². The van der Waals surface area contributed by atoms with Crippen molar-refractivity contribution in [1.29, 1.82) is 5.26 Å². The number of likely N-dealkylation sites (tertiary alicyclic amines) is 1. The number of hydrogen-bond acceptors (Lipinski definition) is 7. The molecule has 0 aromatic heterocycles. The van der Waals surface area contributed by atoms with Crippen molar-refractivity contribution in [2.45, 2.75) is 37.0 Å². The summed E-state index contributed by atoms with van der Waals surface area (Å²) in [5.74, 6) is -1.39. The predicted molar refractivity (Wildman–Crippen MR) is 137 cm³/mol. The molecule has 10 nitrogen and oxygen atoms in total. The highest BCUT2D eigenvalue weighted by Crippen LogP contribution is 2.39. The molecule has 39 heavy (non-hydrogen) atoms. The van der Waals surface area contributed by atoms with E-state index in [1.165, 1.54) is 25.1 Å². The van der Waals surface area contributed by atoms with E-state index in [1.54, 1.807) is 11.0 Å². The maximum atomic E-state index is 14.2. The number of nitrogens with two attached hydrogens (primary N) is 1. The van der Waals surface area contributed by atoms with Crippen LogP contribution in [0.15, 0.2) is 29.2 Å². The van der Waals surface area contributed by atoms with Crippen molar-refractivity contribution in [3.63, 3.8) is 0 Å². The fourth-order valence-corrected chi connectivity index (χ4v) is 5.68. The molecule has 0 saturated carbocycles. The van der Waals surface area contributed by atoms with Gasteiger partial charge in [0.15, 0.2) is 9.84 Å². The Bertz CT molecular complexity index is 1460. The molecule has 1 aliphatic rings. The number of carboxylic acid groups (broad SMARTS) is 1. The summed E-state index contributed by atoms with van der Waals surface area (Å²) in [6.07, 6.45) is -5.89. The summed E-state index contributed by atoms with van der Waals surface area (Å²) in [6, 6.07) is 5.41. The lowest BCUT2D eigenvalue weighted by molar-refractivity contribution is -0.138. The molecule has 3 rings (SSSR count). The number of nitrogen functional groups attached to an aromatic ring is 1. The van der Waals surface area contributed by atoms with Gasteiger partial charge in [-0.3, -0.25) is 9.69 Å². The molecule has 1 heterocycles. The van der Waals surface area contributed by atoms with Gasteiger partial charge in [0, 0.05) is 37.7 Å². The molecule has 0 unspecified atom stereocenters. The highest BCUT2D eigenvalue weighted by Gasteiger charge is 2.39. The van der Waals surface area contributed by atoms with Gasteiger partial charge in [-0.15, -0.1) is 0 Å². The first kappa shape index (κ1) is 30.0. The Morgan fingerprint density at radius 1 is 1.33 bits per heavy atom. The van der Waals surface area contributed by atoms with E-state index in [-0.39, 0.29) is 41.0 Å². The van der Waals surface area contributed by atoms with E-state index in [1.807, 2.05) is 0 Å². The summed E-state index contributed by atoms with van der Waals surface area (Å²) < 4.78 is 67.9. The molecule has 1 fully saturated rings. The third kappa shape index (κ3) is 6.38. The fourth-order valence-electron chi connectivity index (χ4n) is 4.42. The minimum Gasteiger partial charge on any atom is -0.465 e. The molecule has 1 aliphatic heterocycles. The largest absolute Gasteiger partial charge is 0.465 e. The zero-order valence-corrected chi connectivity index (χ0v) is 22.4. The van der Waals surface area contributed by atoms with Crippen molar-refractivity contribution in [1.82, 2.24) is 10.2 Å². The SMILES string of the molecule is CCS(=O)(=O)c1ccc(Cl)cc1N(C)C(=O)c1cc(C(F)(F)F)c(CN2CC[C@@H](NC(=O)O)C2)c(C#N)c1N. The van der Waals surface area contributed by atoms with Gasteiger partial charge in [0.2, 0.25) is 0 Å². The van der Waals surface area contributed by atoms with Crippen molar-refractivity contribution in [2.24, 2.45) is 0 Å². The Morgan fingerprint density at radius 2 is 2.00 bits per heavy atom. The molecule has 2 aromatic carbocycles. The lowest BCUT2D eigenvalue weighted by Crippen LogP contribution is -2.36. The van der Waals surface area contributed by atoms with E-state index < -0.39 is 62.0 Å². The number of sulfone groups is 1. The fraction of sp³-hybridized carbons (Fsp3) is 0.375. The molecule has 1 saturated heterocycles. The van der Waals surface area contributed by atoms with Crippen molar-refractivity contribution in [2.75, 3.05) is 36.5 Å². The topological polar surface area (TPSA) is 157 Å². The van der Waals surface area contributed by atoms with Crippen LogP contribution in [0.2, 0.25) is 5.02 Å². The number of nitrogens with one attached hydrogen (secondary N) is 1. The summed E-state index contributed by atoms with van der Waals surface area (Å²) in [5, 5.41) is 21.1. The van der Waals surface area contributed by atoms with Crippen LogP contribution >= 0.6 is 11.6 Å². The van der Waals surface area contributed by atoms with Crippen LogP contribution in [0.5, 0.6) is 0 Å². The van der Waals surface area contributed by atoms with E-state index in [2.05, 4.69) is 5.32 Å². The van der Waals surface area contributed by atoms with Crippen LogP contribution in [0.1, 0.15) is 40.4 Å². The van der Waals surface area contributed by atoms with E-state index in [0.29, 0.717) is 12.5 Å². The number of halogens is 4. The zero-order valence-electron chi connectivity index (χ0n) is 20.8. The number of anilines is 2. The molecule has 15 heteroatoms. The predicted octanol–water partition coefficient (Wildman–Crippen LogP) is 3.72. The number of benzene rings is 2. The standard InChI is InChI=1S/C24H25ClF3N5O5S/c1-3-39(37,38)20-5-4-13(25)8-19(20)32(2)22(34)15-9-18(24(26,27)28)17(16(10-29)21(15)30)12-33-7-6-14(11-33)31-23(35)36/h4-5,8-9,14,31H,3,6-7,11-12,30H2,1-2H3,(H,35,36)/t14-/m1/s1. The van der Waals surface area contributed by atoms with Crippen LogP contribution in [0.3, 0.4) is 0 Å². The van der Waals surface area contributed by atoms with Crippen LogP contribution in [-0.2, 0) is 22.6 Å². The van der Waals surface area contributed by atoms with Gasteiger partial charge in [-0.2, -0.15) is 18.4 Å². The highest BCUT2D eigenvalue weighted by atomic mass is 35.5. The number of nitriles is 1. The van der Waals surface area contributed by atoms with Gasteiger partial charge < -0.3 is 21.1 Å². The zero-order chi connectivity index (χ0) is 29.3. The first-order valence-corrected chi connectivity index (χ1v) is 13.6. The average molecular weight is 588 g/mol. The van der Waals surface area contributed by atoms with Crippen molar-refractivity contribution >= 4 is 44.8 Å². The first-order chi connectivity index (χ1) is 18.1. The van der Waals surface area contributed by atoms with Gasteiger partial charge in [-0.25, -0.2) is 13.2 Å². The molecule has 210 valence electrons. The second-order valence-corrected chi connectivity index (χ2v) is 11.6. The first-order valence-electron chi connectivity index (χ1n) is 11.6. The van der Waals surface area contributed by atoms with Gasteiger partial charge in [0.1, 0.15) is 6.07 Å². The van der Waals surface area contributed by atoms with Gasteiger partial charge in [-0.05, 0) is 36.2 Å². The summed E-state index contributed by atoms with van der Waals surface area (Å²) in [5.41, 5.74) is 2.51. The average Bonchev–Trinajstić information content (AvgIpc) is 3.28. The third-order valence-corrected chi connectivity index (χ3v) is 8.42. The summed E-state index contributed by atoms with van der Waals surface area (Å²) in [6.45, 7) is 1.40. The van der Waals surface area contributed by atoms with Gasteiger partial charge in [0.05, 0.1) is 38.7 Å². The maximum Gasteiger partial charge on any atom is 0.416 e. The van der Waals surface area contributed by atoms with E-state index in [0.717, 1.165) is 11.9 Å². The molecule has 0 radical (unpaired) electrons. The number of carbonyl (C=O) groups is 2. The quantitative estimate of drug-likeness (QED) is 0.414. The lowest BCUT2D eigenvalue weighted by atomic mass is 9.94. The van der Waals surface area contributed by atoms with Crippen molar-refractivity contribution in [3.8, 4) is 6.07 Å². The van der Waals surface area contributed by atoms with Crippen LogP contribution < -0.4 is 16.0 Å². The Kier molecular flexibility index (Phi) is 8.69. The number of hydrogen-bond donors (Lipinski definition) is 3. The second-order valence-electron chi connectivity index (χ2n) is 8.90. The number of alkyl halides is 3. The third-order valence-electron chi connectivity index (χ3n) is 6.41. The molecule has 1 atom stereocenters. The van der Waals surface area contributed by atoms with Crippen molar-refractivity contribution in [3.05, 3.63) is 51.5 Å². The van der Waals surface area contributed by atoms with Crippen molar-refractivity contribution < 1.29 is 36.3 Å². The molecule has 2 aromatic rings. The normalized spacial score (nSPS) is 16.1. The number of carbonyl (C=O) groups excluding carboxylic acids is 1. The molecule has 0 bridgehead atoms. The second kappa shape index (κ2) is 11.3. The Balaban J connectivity index is 2.10. The van der Waals surface area contributed by atoms with Crippen LogP contribution in [0, 0.1) is 11.3 Å². The summed E-state index contributed by atoms with van der Waals surface area (Å²) >= 11 is 6.02. The monoisotopic (exact) mass is 587 g/mol. The molecular formula is C24H25ClF3N5O5S. The molecule has 0 aliphatic carbocycles. The lowest BCUT2D eigenvalue weighted by Gasteiger charge is -2.25. The summed E-state index contributed by atoms with van der Waals surface area (Å²) in [4.78, 5) is 26.5. The Hall–Kier alpha value is -3.54. The minimum absolute atomic E-state index is 0.0815. The van der Waals surface area contributed by atoms with E-state index in [4.69, 9.17) is 22.4 Å². The van der Waals surface area contributed by atoms with Crippen LogP contribution in [0.25, 0.3) is 0 Å². The smallest absolute Gasteiger partial charge is 0.416 e. The number of rotatable bonds is 7. The Labute approximate surface area is 227 Å². The van der Waals surface area contributed by atoms with Gasteiger partial charge >= 0.3 is 12.3 Å².